The lowest BCUT2D eigenvalue weighted by molar-refractivity contribution is -0.122. The number of carbonyl (C=O) groups excluding carboxylic acids is 2. The van der Waals surface area contributed by atoms with E-state index in [1.165, 1.54) is 0 Å². The first-order valence-corrected chi connectivity index (χ1v) is 8.58. The molecule has 1 unspecified atom stereocenters. The Morgan fingerprint density at radius 3 is 2.69 bits per heavy atom. The molecule has 3 aromatic heterocycles. The number of nitrogens with one attached hydrogen (secondary N) is 2. The summed E-state index contributed by atoms with van der Waals surface area (Å²) >= 11 is 0. The van der Waals surface area contributed by atoms with Gasteiger partial charge in [-0.1, -0.05) is 0 Å². The monoisotopic (exact) mass is 348 g/mol. The van der Waals surface area contributed by atoms with Crippen LogP contribution in [0.3, 0.4) is 0 Å². The fourth-order valence-electron chi connectivity index (χ4n) is 3.32. The van der Waals surface area contributed by atoms with Crippen molar-refractivity contribution in [2.75, 3.05) is 6.54 Å². The van der Waals surface area contributed by atoms with Gasteiger partial charge in [0, 0.05) is 30.1 Å². The van der Waals surface area contributed by atoms with Crippen molar-refractivity contribution in [1.29, 1.82) is 0 Å². The maximum Gasteiger partial charge on any atom is 0.321 e. The van der Waals surface area contributed by atoms with E-state index < -0.39 is 11.9 Å². The predicted octanol–water partition coefficient (Wildman–Crippen LogP) is 1.59. The van der Waals surface area contributed by atoms with E-state index >= 15 is 0 Å². The second kappa shape index (κ2) is 5.62. The summed E-state index contributed by atoms with van der Waals surface area (Å²) in [5.41, 5.74) is 4.37. The summed E-state index contributed by atoms with van der Waals surface area (Å²) in [6.45, 7) is 0.249. The third kappa shape index (κ3) is 2.50. The summed E-state index contributed by atoms with van der Waals surface area (Å²) in [6, 6.07) is 5.32. The number of carbonyl (C=O) groups is 2. The molecular weight excluding hydrogens is 332 g/mol. The molecule has 2 N–H and O–H groups in total. The van der Waals surface area contributed by atoms with Crippen molar-refractivity contribution in [3.63, 3.8) is 0 Å². The molecule has 0 bridgehead atoms. The van der Waals surface area contributed by atoms with Crippen LogP contribution < -0.4 is 10.6 Å². The molecule has 3 aromatic rings. The molecule has 0 spiro atoms. The maximum absolute atomic E-state index is 12.2. The molecule has 0 radical (unpaired) electrons. The van der Waals surface area contributed by atoms with Gasteiger partial charge in [-0.05, 0) is 37.0 Å². The van der Waals surface area contributed by atoms with Crippen molar-refractivity contribution in [3.05, 3.63) is 48.0 Å². The third-order valence-corrected chi connectivity index (χ3v) is 4.84. The summed E-state index contributed by atoms with van der Waals surface area (Å²) in [6.07, 6.45) is 7.57. The number of hydrogen-bond donors (Lipinski definition) is 2. The van der Waals surface area contributed by atoms with Gasteiger partial charge in [0.15, 0.2) is 5.65 Å². The van der Waals surface area contributed by atoms with E-state index in [0.29, 0.717) is 11.6 Å². The van der Waals surface area contributed by atoms with Crippen molar-refractivity contribution in [2.24, 2.45) is 0 Å². The number of imide groups is 1. The first-order valence-electron chi connectivity index (χ1n) is 8.58. The lowest BCUT2D eigenvalue weighted by atomic mass is 10.0. The van der Waals surface area contributed by atoms with Crippen LogP contribution in [-0.4, -0.2) is 38.1 Å². The van der Waals surface area contributed by atoms with E-state index in [0.717, 1.165) is 35.3 Å². The van der Waals surface area contributed by atoms with E-state index in [1.54, 1.807) is 16.9 Å². The zero-order chi connectivity index (χ0) is 17.7. The molecule has 1 saturated carbocycles. The van der Waals surface area contributed by atoms with E-state index in [1.807, 2.05) is 24.4 Å². The van der Waals surface area contributed by atoms with Crippen LogP contribution in [0.5, 0.6) is 0 Å². The molecule has 1 saturated heterocycles. The van der Waals surface area contributed by atoms with E-state index in [4.69, 9.17) is 4.98 Å². The number of amides is 3. The molecule has 130 valence electrons. The van der Waals surface area contributed by atoms with Gasteiger partial charge in [-0.2, -0.15) is 5.10 Å². The zero-order valence-electron chi connectivity index (χ0n) is 13.8. The summed E-state index contributed by atoms with van der Waals surface area (Å²) < 4.78 is 1.75. The Balaban J connectivity index is 1.62. The molecule has 0 aromatic carbocycles. The third-order valence-electron chi connectivity index (χ3n) is 4.84. The lowest BCUT2D eigenvalue weighted by Crippen LogP contribution is -2.51. The van der Waals surface area contributed by atoms with Gasteiger partial charge in [-0.3, -0.25) is 15.1 Å². The van der Waals surface area contributed by atoms with Gasteiger partial charge >= 0.3 is 6.03 Å². The Morgan fingerprint density at radius 1 is 1.15 bits per heavy atom. The quantitative estimate of drug-likeness (QED) is 0.748. The number of nitrogens with zero attached hydrogens (tertiary/aromatic N) is 4. The van der Waals surface area contributed by atoms with Gasteiger partial charge in [0.2, 0.25) is 5.91 Å². The molecule has 8 heteroatoms. The number of urea groups is 1. The van der Waals surface area contributed by atoms with Crippen LogP contribution in [0.25, 0.3) is 16.9 Å². The van der Waals surface area contributed by atoms with E-state index in [9.17, 15) is 9.59 Å². The average molecular weight is 348 g/mol. The highest BCUT2D eigenvalue weighted by atomic mass is 16.2. The van der Waals surface area contributed by atoms with Crippen LogP contribution in [0.2, 0.25) is 0 Å². The lowest BCUT2D eigenvalue weighted by Gasteiger charge is -2.22. The smallest absolute Gasteiger partial charge is 0.321 e. The second-order valence-corrected chi connectivity index (χ2v) is 6.68. The van der Waals surface area contributed by atoms with E-state index in [2.05, 4.69) is 20.7 Å². The van der Waals surface area contributed by atoms with Crippen LogP contribution in [0.15, 0.2) is 36.8 Å². The Hall–Kier alpha value is -3.29. The van der Waals surface area contributed by atoms with Crippen LogP contribution in [0.4, 0.5) is 4.79 Å². The first-order chi connectivity index (χ1) is 12.7. The highest BCUT2D eigenvalue weighted by molar-refractivity contribution is 6.00. The fourth-order valence-corrected chi connectivity index (χ4v) is 3.32. The number of pyridine rings is 1. The van der Waals surface area contributed by atoms with Crippen LogP contribution in [0.1, 0.15) is 35.9 Å². The molecule has 5 rings (SSSR count). The average Bonchev–Trinajstić information content (AvgIpc) is 3.40. The Morgan fingerprint density at radius 2 is 1.96 bits per heavy atom. The molecular formula is C18H16N6O2. The number of hydrogen-bond acceptors (Lipinski definition) is 5. The van der Waals surface area contributed by atoms with Gasteiger partial charge in [0.05, 0.1) is 23.5 Å². The molecule has 2 aliphatic rings. The normalized spacial score (nSPS) is 20.1. The van der Waals surface area contributed by atoms with Gasteiger partial charge in [-0.15, -0.1) is 0 Å². The number of rotatable bonds is 3. The largest absolute Gasteiger partial charge is 0.337 e. The number of fused-ring (bicyclic) bond motifs is 1. The molecule has 4 heterocycles. The second-order valence-electron chi connectivity index (χ2n) is 6.68. The van der Waals surface area contributed by atoms with Crippen LogP contribution >= 0.6 is 0 Å². The molecule has 1 aliphatic carbocycles. The van der Waals surface area contributed by atoms with Crippen molar-refractivity contribution in [2.45, 2.75) is 24.7 Å². The van der Waals surface area contributed by atoms with Crippen molar-refractivity contribution in [3.8, 4) is 11.3 Å². The van der Waals surface area contributed by atoms with Crippen LogP contribution in [-0.2, 0) is 4.79 Å². The Labute approximate surface area is 148 Å². The SMILES string of the molecule is O=C1NCC(c2cc(C3CC3)c3nc(-c4ccncc4)cn3n2)C(=O)N1. The Bertz CT molecular complexity index is 1020. The molecule has 1 aliphatic heterocycles. The fraction of sp³-hybridized carbons (Fsp3) is 0.278. The molecule has 2 fully saturated rings. The topological polar surface area (TPSA) is 101 Å². The van der Waals surface area contributed by atoms with Crippen molar-refractivity contribution >= 4 is 17.6 Å². The van der Waals surface area contributed by atoms with Gasteiger partial charge < -0.3 is 5.32 Å². The van der Waals surface area contributed by atoms with Crippen LogP contribution in [0, 0.1) is 0 Å². The summed E-state index contributed by atoms with van der Waals surface area (Å²) in [5.74, 6) is -0.369. The minimum absolute atomic E-state index is 0.249. The van der Waals surface area contributed by atoms with Gasteiger partial charge in [0.25, 0.3) is 0 Å². The molecule has 3 amide bonds. The first kappa shape index (κ1) is 15.0. The molecule has 8 nitrogen and oxygen atoms in total. The Kier molecular flexibility index (Phi) is 3.24. The van der Waals surface area contributed by atoms with Crippen molar-refractivity contribution in [1.82, 2.24) is 30.2 Å². The summed E-state index contributed by atoms with van der Waals surface area (Å²) in [4.78, 5) is 32.4. The van der Waals surface area contributed by atoms with E-state index in [-0.39, 0.29) is 12.5 Å². The zero-order valence-corrected chi connectivity index (χ0v) is 13.8. The van der Waals surface area contributed by atoms with Crippen molar-refractivity contribution < 1.29 is 9.59 Å². The minimum Gasteiger partial charge on any atom is -0.337 e. The maximum atomic E-state index is 12.2. The van der Waals surface area contributed by atoms with Gasteiger partial charge in [-0.25, -0.2) is 14.3 Å². The molecule has 1 atom stereocenters. The number of imidazole rings is 1. The summed E-state index contributed by atoms with van der Waals surface area (Å²) in [5, 5.41) is 9.59. The standard InChI is InChI=1S/C18H16N6O2/c25-17-13(8-20-18(26)22-17)14-7-12(10-1-2-10)16-21-15(9-24(16)23-14)11-3-5-19-6-4-11/h3-7,9-10,13H,1-2,8H2,(H2,20,22,25,26). The highest BCUT2D eigenvalue weighted by Crippen LogP contribution is 2.42. The van der Waals surface area contributed by atoms with Gasteiger partial charge in [0.1, 0.15) is 0 Å². The molecule has 26 heavy (non-hydrogen) atoms. The number of aromatic nitrogens is 4. The highest BCUT2D eigenvalue weighted by Gasteiger charge is 2.33. The minimum atomic E-state index is -0.499. The summed E-state index contributed by atoms with van der Waals surface area (Å²) in [7, 11) is 0. The predicted molar refractivity (Wildman–Crippen MR) is 92.5 cm³/mol.